The first-order chi connectivity index (χ1) is 11.4. The Balaban J connectivity index is 1.46. The first-order valence-corrected chi connectivity index (χ1v) is 9.92. The molecule has 0 N–H and O–H groups in total. The molecule has 1 aliphatic rings. The van der Waals surface area contributed by atoms with Crippen molar-refractivity contribution in [1.82, 2.24) is 0 Å². The highest BCUT2D eigenvalue weighted by Gasteiger charge is 2.22. The summed E-state index contributed by atoms with van der Waals surface area (Å²) in [6.45, 7) is 2.43. The van der Waals surface area contributed by atoms with Gasteiger partial charge in [-0.25, -0.2) is 0 Å². The molecule has 1 atom stereocenters. The molecule has 0 bridgehead atoms. The molecule has 2 aromatic rings. The lowest BCUT2D eigenvalue weighted by atomic mass is 10.0. The Bertz CT molecular complexity index is 518. The summed E-state index contributed by atoms with van der Waals surface area (Å²) in [6.07, 6.45) is 1.50. The van der Waals surface area contributed by atoms with Crippen LogP contribution >= 0.6 is 0 Å². The van der Waals surface area contributed by atoms with Gasteiger partial charge in [-0.2, -0.15) is 0 Å². The molecule has 1 heterocycles. The maximum Gasteiger partial charge on any atom is 0.163 e. The van der Waals surface area contributed by atoms with E-state index in [1.54, 1.807) is 0 Å². The van der Waals surface area contributed by atoms with E-state index in [9.17, 15) is 0 Å². The van der Waals surface area contributed by atoms with Gasteiger partial charge in [0.2, 0.25) is 0 Å². The zero-order chi connectivity index (χ0) is 15.7. The van der Waals surface area contributed by atoms with Crippen molar-refractivity contribution in [1.29, 1.82) is 0 Å². The largest absolute Gasteiger partial charge is 0.413 e. The third-order valence-electron chi connectivity index (χ3n) is 3.88. The fourth-order valence-electron chi connectivity index (χ4n) is 2.53. The second-order valence-corrected chi connectivity index (χ2v) is 7.26. The van der Waals surface area contributed by atoms with E-state index >= 15 is 0 Å². The van der Waals surface area contributed by atoms with Crippen molar-refractivity contribution in [2.45, 2.75) is 24.7 Å². The Morgan fingerprint density at radius 1 is 1.00 bits per heavy atom. The monoisotopic (exact) mass is 328 g/mol. The lowest BCUT2D eigenvalue weighted by Crippen LogP contribution is -2.10. The van der Waals surface area contributed by atoms with Gasteiger partial charge in [0.15, 0.2) is 9.76 Å². The van der Waals surface area contributed by atoms with E-state index in [1.165, 1.54) is 11.1 Å². The molecule has 0 radical (unpaired) electrons. The summed E-state index contributed by atoms with van der Waals surface area (Å²) in [7, 11) is -0.567. The van der Waals surface area contributed by atoms with Crippen LogP contribution in [0.2, 0.25) is 6.04 Å². The van der Waals surface area contributed by atoms with Crippen molar-refractivity contribution in [3.8, 4) is 0 Å². The fourth-order valence-corrected chi connectivity index (χ4v) is 3.72. The van der Waals surface area contributed by atoms with Crippen LogP contribution in [0.3, 0.4) is 0 Å². The smallest absolute Gasteiger partial charge is 0.163 e. The highest BCUT2D eigenvalue weighted by molar-refractivity contribution is 6.27. The van der Waals surface area contributed by atoms with Gasteiger partial charge in [0.1, 0.15) is 6.10 Å². The Labute approximate surface area is 140 Å². The Morgan fingerprint density at radius 2 is 1.61 bits per heavy atom. The zero-order valence-electron chi connectivity index (χ0n) is 13.4. The summed E-state index contributed by atoms with van der Waals surface area (Å²) in [4.78, 5) is 0. The molecule has 0 aliphatic carbocycles. The Hall–Kier alpha value is -1.46. The van der Waals surface area contributed by atoms with E-state index in [0.717, 1.165) is 32.3 Å². The molecule has 3 rings (SSSR count). The van der Waals surface area contributed by atoms with Crippen LogP contribution in [0.4, 0.5) is 0 Å². The van der Waals surface area contributed by atoms with Gasteiger partial charge in [0.05, 0.1) is 19.3 Å². The van der Waals surface area contributed by atoms with Crippen molar-refractivity contribution in [3.05, 3.63) is 71.8 Å². The maximum absolute atomic E-state index is 6.31. The molecule has 0 spiro atoms. The van der Waals surface area contributed by atoms with Crippen molar-refractivity contribution >= 4 is 9.76 Å². The van der Waals surface area contributed by atoms with Gasteiger partial charge in [-0.15, -0.1) is 0 Å². The first-order valence-electron chi connectivity index (χ1n) is 8.34. The van der Waals surface area contributed by atoms with E-state index in [1.807, 2.05) is 12.1 Å². The highest BCUT2D eigenvalue weighted by Crippen LogP contribution is 2.25. The Morgan fingerprint density at radius 3 is 2.17 bits per heavy atom. The van der Waals surface area contributed by atoms with Crippen LogP contribution in [0.5, 0.6) is 0 Å². The minimum Gasteiger partial charge on any atom is -0.413 e. The second kappa shape index (κ2) is 8.98. The van der Waals surface area contributed by atoms with Crippen molar-refractivity contribution in [2.24, 2.45) is 0 Å². The average molecular weight is 328 g/mol. The van der Waals surface area contributed by atoms with Crippen LogP contribution in [-0.4, -0.2) is 35.7 Å². The van der Waals surface area contributed by atoms with E-state index in [4.69, 9.17) is 13.9 Å². The summed E-state index contributed by atoms with van der Waals surface area (Å²) < 4.78 is 17.0. The molecule has 1 saturated heterocycles. The molecule has 1 fully saturated rings. The topological polar surface area (TPSA) is 31.0 Å². The number of epoxide rings is 1. The molecule has 3 nitrogen and oxygen atoms in total. The molecule has 2 aromatic carbocycles. The first kappa shape index (κ1) is 16.4. The number of benzene rings is 2. The van der Waals surface area contributed by atoms with E-state index in [2.05, 4.69) is 48.5 Å². The van der Waals surface area contributed by atoms with Gasteiger partial charge in [0.25, 0.3) is 0 Å². The number of hydrogen-bond donors (Lipinski definition) is 0. The molecule has 122 valence electrons. The molecular weight excluding hydrogens is 304 g/mol. The van der Waals surface area contributed by atoms with Crippen molar-refractivity contribution in [2.75, 3.05) is 19.8 Å². The summed E-state index contributed by atoms with van der Waals surface area (Å²) >= 11 is 0. The standard InChI is InChI=1S/C19H24O3Si/c1-3-8-16(9-4-1)19(17-10-5-2-6-11-17)22-23-13-7-12-20-14-18-15-21-18/h1-6,8-11,18-19H,7,12-15,23H2. The van der Waals surface area contributed by atoms with Crippen LogP contribution in [0.1, 0.15) is 23.7 Å². The van der Waals surface area contributed by atoms with Gasteiger partial charge < -0.3 is 13.9 Å². The Kier molecular flexibility index (Phi) is 6.41. The summed E-state index contributed by atoms with van der Waals surface area (Å²) in [5.41, 5.74) is 2.46. The summed E-state index contributed by atoms with van der Waals surface area (Å²) in [6, 6.07) is 22.1. The van der Waals surface area contributed by atoms with Gasteiger partial charge >= 0.3 is 0 Å². The minimum atomic E-state index is -0.567. The van der Waals surface area contributed by atoms with Crippen LogP contribution in [0.25, 0.3) is 0 Å². The van der Waals surface area contributed by atoms with Gasteiger partial charge in [0, 0.05) is 6.61 Å². The van der Waals surface area contributed by atoms with Crippen molar-refractivity contribution in [3.63, 3.8) is 0 Å². The predicted molar refractivity (Wildman–Crippen MR) is 94.3 cm³/mol. The fraction of sp³-hybridized carbons (Fsp3) is 0.368. The lowest BCUT2D eigenvalue weighted by molar-refractivity contribution is 0.116. The number of rotatable bonds is 10. The quantitative estimate of drug-likeness (QED) is 0.381. The number of ether oxygens (including phenoxy) is 2. The maximum atomic E-state index is 6.31. The van der Waals surface area contributed by atoms with Gasteiger partial charge in [-0.3, -0.25) is 0 Å². The number of hydrogen-bond acceptors (Lipinski definition) is 3. The molecular formula is C19H24O3Si. The van der Waals surface area contributed by atoms with Gasteiger partial charge in [-0.05, 0) is 23.6 Å². The van der Waals surface area contributed by atoms with E-state index in [0.29, 0.717) is 6.10 Å². The van der Waals surface area contributed by atoms with Crippen LogP contribution in [0.15, 0.2) is 60.7 Å². The molecule has 1 aliphatic heterocycles. The lowest BCUT2D eigenvalue weighted by Gasteiger charge is -2.19. The van der Waals surface area contributed by atoms with Crippen molar-refractivity contribution < 1.29 is 13.9 Å². The van der Waals surface area contributed by atoms with E-state index in [-0.39, 0.29) is 6.10 Å². The molecule has 0 amide bonds. The normalized spacial score (nSPS) is 17.2. The van der Waals surface area contributed by atoms with Crippen LogP contribution in [0, 0.1) is 0 Å². The molecule has 0 aromatic heterocycles. The summed E-state index contributed by atoms with van der Waals surface area (Å²) in [5, 5.41) is 0. The SMILES string of the molecule is c1ccc(C(O[SiH2]CCCOCC2CO2)c2ccccc2)cc1. The molecule has 0 saturated carbocycles. The third-order valence-corrected chi connectivity index (χ3v) is 5.24. The second-order valence-electron chi connectivity index (χ2n) is 5.81. The molecule has 23 heavy (non-hydrogen) atoms. The predicted octanol–water partition coefficient (Wildman–Crippen LogP) is 3.10. The highest BCUT2D eigenvalue weighted by atomic mass is 28.2. The zero-order valence-corrected chi connectivity index (χ0v) is 14.8. The molecule has 1 unspecified atom stereocenters. The van der Waals surface area contributed by atoms with Crippen LogP contribution < -0.4 is 0 Å². The van der Waals surface area contributed by atoms with E-state index < -0.39 is 9.76 Å². The van der Waals surface area contributed by atoms with Crippen LogP contribution in [-0.2, 0) is 13.9 Å². The summed E-state index contributed by atoms with van der Waals surface area (Å²) in [5.74, 6) is 0. The van der Waals surface area contributed by atoms with Gasteiger partial charge in [-0.1, -0.05) is 60.7 Å². The third kappa shape index (κ3) is 5.59. The minimum absolute atomic E-state index is 0.0600. The average Bonchev–Trinajstić information content (AvgIpc) is 3.43. The molecule has 4 heteroatoms.